The van der Waals surface area contributed by atoms with Crippen LogP contribution in [0.4, 0.5) is 5.69 Å². The number of ether oxygens (including phenoxy) is 1. The fourth-order valence-electron chi connectivity index (χ4n) is 1.80. The van der Waals surface area contributed by atoms with Crippen LogP contribution in [0.1, 0.15) is 6.42 Å². The van der Waals surface area contributed by atoms with Crippen molar-refractivity contribution in [2.75, 3.05) is 18.6 Å². The number of hydrogen-bond donors (Lipinski definition) is 1. The van der Waals surface area contributed by atoms with E-state index in [1.54, 1.807) is 12.1 Å². The fraction of sp³-hybridized carbons (Fsp3) is 0.364. The van der Waals surface area contributed by atoms with E-state index in [0.29, 0.717) is 11.6 Å². The molecule has 2 rings (SSSR count). The lowest BCUT2D eigenvalue weighted by Gasteiger charge is -2.16. The molecule has 0 aliphatic carbocycles. The van der Waals surface area contributed by atoms with E-state index >= 15 is 0 Å². The Bertz CT molecular complexity index is 461. The number of carbonyl (C=O) groups excluding carboxylic acids is 1. The summed E-state index contributed by atoms with van der Waals surface area (Å²) < 4.78 is 4.96. The van der Waals surface area contributed by atoms with Crippen LogP contribution in [0.5, 0.6) is 5.88 Å². The molecule has 0 aromatic carbocycles. The lowest BCUT2D eigenvalue weighted by molar-refractivity contribution is -0.141. The highest BCUT2D eigenvalue weighted by Crippen LogP contribution is 2.26. The molecule has 1 atom stereocenters. The molecule has 0 radical (unpaired) electrons. The highest BCUT2D eigenvalue weighted by molar-refractivity contribution is 5.99. The van der Waals surface area contributed by atoms with Gasteiger partial charge in [0.15, 0.2) is 0 Å². The van der Waals surface area contributed by atoms with E-state index in [2.05, 4.69) is 4.98 Å². The molecule has 1 amide bonds. The summed E-state index contributed by atoms with van der Waals surface area (Å²) >= 11 is 0. The summed E-state index contributed by atoms with van der Waals surface area (Å²) in [7, 11) is 1.48. The maximum absolute atomic E-state index is 11.7. The molecule has 1 fully saturated rings. The topological polar surface area (TPSA) is 79.7 Å². The SMILES string of the molecule is COc1cc(N2CC(C(=O)O)CC2=O)ccn1. The van der Waals surface area contributed by atoms with Gasteiger partial charge in [-0.1, -0.05) is 0 Å². The van der Waals surface area contributed by atoms with Crippen LogP contribution in [0.3, 0.4) is 0 Å². The molecule has 1 saturated heterocycles. The van der Waals surface area contributed by atoms with Crippen molar-refractivity contribution in [2.45, 2.75) is 6.42 Å². The van der Waals surface area contributed by atoms with Crippen LogP contribution in [-0.4, -0.2) is 35.6 Å². The Morgan fingerprint density at radius 2 is 2.41 bits per heavy atom. The predicted octanol–water partition coefficient (Wildman–Crippen LogP) is 0.528. The molecule has 1 aliphatic heterocycles. The Labute approximate surface area is 97.8 Å². The van der Waals surface area contributed by atoms with Gasteiger partial charge >= 0.3 is 5.97 Å². The number of carboxylic acid groups (broad SMARTS) is 1. The van der Waals surface area contributed by atoms with Gasteiger partial charge in [0.25, 0.3) is 0 Å². The molecule has 17 heavy (non-hydrogen) atoms. The Morgan fingerprint density at radius 3 is 3.00 bits per heavy atom. The molecule has 0 saturated carbocycles. The van der Waals surface area contributed by atoms with Crippen molar-refractivity contribution in [2.24, 2.45) is 5.92 Å². The van der Waals surface area contributed by atoms with Crippen LogP contribution in [0.15, 0.2) is 18.3 Å². The Balaban J connectivity index is 2.22. The van der Waals surface area contributed by atoms with Crippen molar-refractivity contribution >= 4 is 17.6 Å². The van der Waals surface area contributed by atoms with Crippen LogP contribution in [-0.2, 0) is 9.59 Å². The molecule has 1 aliphatic rings. The van der Waals surface area contributed by atoms with Gasteiger partial charge in [0.05, 0.1) is 18.7 Å². The van der Waals surface area contributed by atoms with E-state index in [9.17, 15) is 9.59 Å². The van der Waals surface area contributed by atoms with Crippen molar-refractivity contribution < 1.29 is 19.4 Å². The van der Waals surface area contributed by atoms with E-state index in [0.717, 1.165) is 0 Å². The number of aromatic nitrogens is 1. The molecule has 90 valence electrons. The smallest absolute Gasteiger partial charge is 0.308 e. The third kappa shape index (κ3) is 2.20. The van der Waals surface area contributed by atoms with Gasteiger partial charge in [0, 0.05) is 25.2 Å². The van der Waals surface area contributed by atoms with Crippen LogP contribution >= 0.6 is 0 Å². The van der Waals surface area contributed by atoms with E-state index in [1.807, 2.05) is 0 Å². The molecular formula is C11H12N2O4. The maximum Gasteiger partial charge on any atom is 0.308 e. The zero-order valence-corrected chi connectivity index (χ0v) is 9.29. The van der Waals surface area contributed by atoms with Crippen molar-refractivity contribution in [3.63, 3.8) is 0 Å². The first-order valence-electron chi connectivity index (χ1n) is 5.15. The van der Waals surface area contributed by atoms with Crippen molar-refractivity contribution in [1.82, 2.24) is 4.98 Å². The molecule has 6 heteroatoms. The number of rotatable bonds is 3. The fourth-order valence-corrected chi connectivity index (χ4v) is 1.80. The summed E-state index contributed by atoms with van der Waals surface area (Å²) in [6.45, 7) is 0.196. The minimum Gasteiger partial charge on any atom is -0.481 e. The third-order valence-electron chi connectivity index (χ3n) is 2.71. The standard InChI is InChI=1S/C11H12N2O4/c1-17-9-5-8(2-3-12-9)13-6-7(11(15)16)4-10(13)14/h2-3,5,7H,4,6H2,1H3,(H,15,16). The van der Waals surface area contributed by atoms with Gasteiger partial charge in [-0.25, -0.2) is 4.98 Å². The number of hydrogen-bond acceptors (Lipinski definition) is 4. The number of nitrogens with zero attached hydrogens (tertiary/aromatic N) is 2. The Kier molecular flexibility index (Phi) is 2.95. The molecule has 1 unspecified atom stereocenters. The van der Waals surface area contributed by atoms with Crippen LogP contribution in [0.2, 0.25) is 0 Å². The maximum atomic E-state index is 11.7. The monoisotopic (exact) mass is 236 g/mol. The number of amides is 1. The van der Waals surface area contributed by atoms with E-state index in [1.165, 1.54) is 18.2 Å². The van der Waals surface area contributed by atoms with Gasteiger partial charge in [0.2, 0.25) is 11.8 Å². The zero-order valence-electron chi connectivity index (χ0n) is 9.29. The summed E-state index contributed by atoms with van der Waals surface area (Å²) in [4.78, 5) is 27.9. The molecule has 2 heterocycles. The second-order valence-corrected chi connectivity index (χ2v) is 3.80. The van der Waals surface area contributed by atoms with Gasteiger partial charge in [-0.15, -0.1) is 0 Å². The molecule has 6 nitrogen and oxygen atoms in total. The normalized spacial score (nSPS) is 19.5. The number of aliphatic carboxylic acids is 1. The predicted molar refractivity (Wildman–Crippen MR) is 58.9 cm³/mol. The second kappa shape index (κ2) is 4.40. The Hall–Kier alpha value is -2.11. The van der Waals surface area contributed by atoms with Crippen LogP contribution in [0.25, 0.3) is 0 Å². The van der Waals surface area contributed by atoms with Gasteiger partial charge in [-0.2, -0.15) is 0 Å². The van der Waals surface area contributed by atoms with Gasteiger partial charge in [-0.05, 0) is 6.07 Å². The van der Waals surface area contributed by atoms with Crippen molar-refractivity contribution in [1.29, 1.82) is 0 Å². The number of pyridine rings is 1. The van der Waals surface area contributed by atoms with Crippen molar-refractivity contribution in [3.05, 3.63) is 18.3 Å². The number of anilines is 1. The first-order valence-corrected chi connectivity index (χ1v) is 5.15. The average Bonchev–Trinajstić information content (AvgIpc) is 2.72. The zero-order chi connectivity index (χ0) is 12.4. The van der Waals surface area contributed by atoms with Gasteiger partial charge in [0.1, 0.15) is 0 Å². The van der Waals surface area contributed by atoms with Gasteiger partial charge in [-0.3, -0.25) is 9.59 Å². The molecule has 1 N–H and O–H groups in total. The summed E-state index contributed by atoms with van der Waals surface area (Å²) in [5.74, 6) is -1.37. The van der Waals surface area contributed by atoms with E-state index in [-0.39, 0.29) is 18.9 Å². The first kappa shape index (κ1) is 11.4. The Morgan fingerprint density at radius 1 is 1.65 bits per heavy atom. The summed E-state index contributed by atoms with van der Waals surface area (Å²) in [6, 6.07) is 3.27. The second-order valence-electron chi connectivity index (χ2n) is 3.80. The number of methoxy groups -OCH3 is 1. The van der Waals surface area contributed by atoms with E-state index in [4.69, 9.17) is 9.84 Å². The van der Waals surface area contributed by atoms with Crippen LogP contribution in [0, 0.1) is 5.92 Å². The minimum absolute atomic E-state index is 0.0416. The summed E-state index contributed by atoms with van der Waals surface area (Å²) in [6.07, 6.45) is 1.56. The molecule has 0 bridgehead atoms. The third-order valence-corrected chi connectivity index (χ3v) is 2.71. The quantitative estimate of drug-likeness (QED) is 0.827. The lowest BCUT2D eigenvalue weighted by atomic mass is 10.1. The van der Waals surface area contributed by atoms with Crippen molar-refractivity contribution in [3.8, 4) is 5.88 Å². The van der Waals surface area contributed by atoms with Crippen LogP contribution < -0.4 is 9.64 Å². The number of carboxylic acids is 1. The summed E-state index contributed by atoms with van der Waals surface area (Å²) in [5, 5.41) is 8.88. The average molecular weight is 236 g/mol. The van der Waals surface area contributed by atoms with E-state index < -0.39 is 11.9 Å². The highest BCUT2D eigenvalue weighted by atomic mass is 16.5. The first-order chi connectivity index (χ1) is 8.11. The molecule has 1 aromatic rings. The summed E-state index contributed by atoms with van der Waals surface area (Å²) in [5.41, 5.74) is 0.616. The highest BCUT2D eigenvalue weighted by Gasteiger charge is 2.35. The molecule has 1 aromatic heterocycles. The molecule has 0 spiro atoms. The largest absolute Gasteiger partial charge is 0.481 e. The lowest BCUT2D eigenvalue weighted by Crippen LogP contribution is -2.25. The molecular weight excluding hydrogens is 224 g/mol. The minimum atomic E-state index is -0.943. The number of carbonyl (C=O) groups is 2. The van der Waals surface area contributed by atoms with Gasteiger partial charge < -0.3 is 14.7 Å².